The summed E-state index contributed by atoms with van der Waals surface area (Å²) in [6.07, 6.45) is 2.06. The Morgan fingerprint density at radius 1 is 1.19 bits per heavy atom. The van der Waals surface area contributed by atoms with E-state index in [-0.39, 0.29) is 18.6 Å². The molecular formula is C20H19N2O4+. The van der Waals surface area contributed by atoms with Gasteiger partial charge in [-0.3, -0.25) is 0 Å². The van der Waals surface area contributed by atoms with Crippen molar-refractivity contribution in [1.82, 2.24) is 4.57 Å². The Morgan fingerprint density at radius 3 is 3.00 bits per heavy atom. The molecule has 6 heteroatoms. The molecule has 3 aromatic rings. The van der Waals surface area contributed by atoms with Crippen LogP contribution in [0.5, 0.6) is 23.0 Å². The summed E-state index contributed by atoms with van der Waals surface area (Å²) in [5.74, 6) is 2.21. The number of phenols is 1. The number of methoxy groups -OCH3 is 1. The Morgan fingerprint density at radius 2 is 2.12 bits per heavy atom. The number of ether oxygens (including phenoxy) is 3. The lowest BCUT2D eigenvalue weighted by atomic mass is 10.0. The SMILES string of the molecule is COc1cc([C@@H]2[NH2+]Cc3ccc4c(c3-n3cccc32)OCO4)ccc1O. The number of quaternary nitrogens is 1. The first-order valence-corrected chi connectivity index (χ1v) is 8.55. The van der Waals surface area contributed by atoms with Crippen LogP contribution in [0.2, 0.25) is 0 Å². The molecule has 0 saturated heterocycles. The molecule has 0 bridgehead atoms. The number of phenolic OH excluding ortho intramolecular Hbond substituents is 1. The second kappa shape index (κ2) is 5.71. The number of nitrogens with two attached hydrogens (primary N) is 1. The van der Waals surface area contributed by atoms with E-state index >= 15 is 0 Å². The number of rotatable bonds is 2. The third kappa shape index (κ3) is 2.16. The maximum atomic E-state index is 9.92. The van der Waals surface area contributed by atoms with E-state index in [4.69, 9.17) is 14.2 Å². The van der Waals surface area contributed by atoms with Crippen LogP contribution in [0.4, 0.5) is 0 Å². The molecular weight excluding hydrogens is 332 g/mol. The topological polar surface area (TPSA) is 69.5 Å². The number of aromatic hydroxyl groups is 1. The zero-order valence-corrected chi connectivity index (χ0v) is 14.3. The number of aromatic nitrogens is 1. The van der Waals surface area contributed by atoms with E-state index in [9.17, 15) is 5.11 Å². The van der Waals surface area contributed by atoms with Crippen LogP contribution >= 0.6 is 0 Å². The summed E-state index contributed by atoms with van der Waals surface area (Å²) in [4.78, 5) is 0. The zero-order valence-electron chi connectivity index (χ0n) is 14.3. The molecule has 3 heterocycles. The standard InChI is InChI=1S/C20H18N2O4/c1-24-17-9-12(4-6-15(17)23)18-14-3-2-8-22(14)19-13(10-21-18)5-7-16-20(19)26-11-25-16/h2-9,18,21,23H,10-11H2,1H3/p+1/t18-/m0/s1. The van der Waals surface area contributed by atoms with E-state index in [0.717, 1.165) is 35.0 Å². The van der Waals surface area contributed by atoms with Gasteiger partial charge >= 0.3 is 0 Å². The number of fused-ring (bicyclic) bond motifs is 5. The number of hydrogen-bond acceptors (Lipinski definition) is 4. The molecule has 0 saturated carbocycles. The third-order valence-electron chi connectivity index (χ3n) is 5.07. The van der Waals surface area contributed by atoms with Crippen molar-refractivity contribution < 1.29 is 24.6 Å². The van der Waals surface area contributed by atoms with Gasteiger partial charge in [0.25, 0.3) is 0 Å². The molecule has 132 valence electrons. The minimum atomic E-state index is 0.0740. The molecule has 1 aromatic heterocycles. The van der Waals surface area contributed by atoms with Crippen molar-refractivity contribution in [1.29, 1.82) is 0 Å². The Labute approximate surface area is 150 Å². The van der Waals surface area contributed by atoms with Gasteiger partial charge in [0.1, 0.15) is 12.2 Å². The van der Waals surface area contributed by atoms with Crippen LogP contribution in [0.1, 0.15) is 22.9 Å². The van der Waals surface area contributed by atoms with Gasteiger partial charge in [0.2, 0.25) is 6.79 Å². The highest BCUT2D eigenvalue weighted by atomic mass is 16.7. The lowest BCUT2D eigenvalue weighted by Crippen LogP contribution is -2.83. The molecule has 0 aliphatic carbocycles. The first kappa shape index (κ1) is 15.2. The number of hydrogen-bond donors (Lipinski definition) is 2. The van der Waals surface area contributed by atoms with Crippen LogP contribution < -0.4 is 19.5 Å². The smallest absolute Gasteiger partial charge is 0.231 e. The van der Waals surface area contributed by atoms with E-state index in [1.807, 2.05) is 24.3 Å². The summed E-state index contributed by atoms with van der Waals surface area (Å²) in [6.45, 7) is 1.06. The van der Waals surface area contributed by atoms with Crippen molar-refractivity contribution in [3.8, 4) is 28.7 Å². The molecule has 2 aromatic carbocycles. The first-order chi connectivity index (χ1) is 12.8. The summed E-state index contributed by atoms with van der Waals surface area (Å²) in [5, 5.41) is 12.2. The van der Waals surface area contributed by atoms with E-state index in [2.05, 4.69) is 28.2 Å². The van der Waals surface area contributed by atoms with Gasteiger partial charge in [-0.25, -0.2) is 0 Å². The van der Waals surface area contributed by atoms with E-state index in [0.29, 0.717) is 5.75 Å². The van der Waals surface area contributed by atoms with Crippen molar-refractivity contribution in [2.75, 3.05) is 13.9 Å². The van der Waals surface area contributed by atoms with E-state index in [1.54, 1.807) is 13.2 Å². The normalized spacial score (nSPS) is 17.3. The van der Waals surface area contributed by atoms with Crippen molar-refractivity contribution in [3.63, 3.8) is 0 Å². The van der Waals surface area contributed by atoms with Crippen LogP contribution in [0.25, 0.3) is 5.69 Å². The third-order valence-corrected chi connectivity index (χ3v) is 5.07. The van der Waals surface area contributed by atoms with Gasteiger partial charge in [-0.05, 0) is 42.5 Å². The summed E-state index contributed by atoms with van der Waals surface area (Å²) in [6, 6.07) is 13.8. The predicted octanol–water partition coefficient (Wildman–Crippen LogP) is 2.09. The highest BCUT2D eigenvalue weighted by Crippen LogP contribution is 2.42. The van der Waals surface area contributed by atoms with Crippen LogP contribution in [0.3, 0.4) is 0 Å². The van der Waals surface area contributed by atoms with Crippen LogP contribution in [0.15, 0.2) is 48.7 Å². The van der Waals surface area contributed by atoms with Crippen molar-refractivity contribution in [2.24, 2.45) is 0 Å². The van der Waals surface area contributed by atoms with Crippen molar-refractivity contribution >= 4 is 0 Å². The molecule has 1 atom stereocenters. The van der Waals surface area contributed by atoms with Gasteiger partial charge in [-0.2, -0.15) is 0 Å². The summed E-state index contributed by atoms with van der Waals surface area (Å²) in [5.41, 5.74) is 4.45. The molecule has 0 fully saturated rings. The van der Waals surface area contributed by atoms with Gasteiger partial charge < -0.3 is 29.2 Å². The fraction of sp³-hybridized carbons (Fsp3) is 0.200. The highest BCUT2D eigenvalue weighted by molar-refractivity contribution is 5.62. The van der Waals surface area contributed by atoms with E-state index < -0.39 is 0 Å². The molecule has 3 N–H and O–H groups in total. The van der Waals surface area contributed by atoms with Gasteiger partial charge in [-0.15, -0.1) is 0 Å². The largest absolute Gasteiger partial charge is 0.504 e. The Bertz CT molecular complexity index is 995. The van der Waals surface area contributed by atoms with Crippen molar-refractivity contribution in [2.45, 2.75) is 12.6 Å². The Kier molecular flexibility index (Phi) is 3.33. The molecule has 26 heavy (non-hydrogen) atoms. The Balaban J connectivity index is 1.67. The summed E-state index contributed by atoms with van der Waals surface area (Å²) >= 11 is 0. The van der Waals surface area contributed by atoms with Gasteiger partial charge in [0.05, 0.1) is 12.8 Å². The molecule has 6 nitrogen and oxygen atoms in total. The first-order valence-electron chi connectivity index (χ1n) is 8.55. The molecule has 2 aliphatic rings. The average molecular weight is 351 g/mol. The lowest BCUT2D eigenvalue weighted by Gasteiger charge is -2.16. The predicted molar refractivity (Wildman–Crippen MR) is 94.0 cm³/mol. The number of benzene rings is 2. The van der Waals surface area contributed by atoms with Crippen LogP contribution in [0, 0.1) is 0 Å². The maximum Gasteiger partial charge on any atom is 0.231 e. The molecule has 2 aliphatic heterocycles. The minimum Gasteiger partial charge on any atom is -0.504 e. The molecule has 0 amide bonds. The fourth-order valence-electron chi connectivity index (χ4n) is 3.84. The minimum absolute atomic E-state index is 0.0740. The average Bonchev–Trinajstić information content (AvgIpc) is 3.30. The van der Waals surface area contributed by atoms with Crippen LogP contribution in [-0.2, 0) is 6.54 Å². The summed E-state index contributed by atoms with van der Waals surface area (Å²) < 4.78 is 18.8. The molecule has 0 unspecified atom stereocenters. The van der Waals surface area contributed by atoms with Crippen LogP contribution in [-0.4, -0.2) is 23.6 Å². The number of nitrogens with zero attached hydrogens (tertiary/aromatic N) is 1. The quantitative estimate of drug-likeness (QED) is 0.742. The second-order valence-electron chi connectivity index (χ2n) is 6.46. The van der Waals surface area contributed by atoms with Gasteiger partial charge in [0, 0.05) is 17.3 Å². The zero-order chi connectivity index (χ0) is 17.7. The fourth-order valence-corrected chi connectivity index (χ4v) is 3.84. The highest BCUT2D eigenvalue weighted by Gasteiger charge is 2.31. The molecule has 5 rings (SSSR count). The maximum absolute atomic E-state index is 9.92. The molecule has 0 spiro atoms. The van der Waals surface area contributed by atoms with Gasteiger partial charge in [0.15, 0.2) is 29.0 Å². The second-order valence-corrected chi connectivity index (χ2v) is 6.46. The summed E-state index contributed by atoms with van der Waals surface area (Å²) in [7, 11) is 1.56. The monoisotopic (exact) mass is 351 g/mol. The lowest BCUT2D eigenvalue weighted by molar-refractivity contribution is -0.702. The Hall–Kier alpha value is -3.12. The van der Waals surface area contributed by atoms with Crippen molar-refractivity contribution in [3.05, 3.63) is 65.5 Å². The molecule has 0 radical (unpaired) electrons. The van der Waals surface area contributed by atoms with E-state index in [1.165, 1.54) is 5.56 Å². The van der Waals surface area contributed by atoms with Gasteiger partial charge in [-0.1, -0.05) is 0 Å².